The number of alkyl halides is 11. The van der Waals surface area contributed by atoms with Crippen LogP contribution in [0.15, 0.2) is 197 Å². The summed E-state index contributed by atoms with van der Waals surface area (Å²) in [5, 5.41) is 67.4. The Bertz CT molecular complexity index is 3460. The Labute approximate surface area is 565 Å². The molecule has 6 atom stereocenters. The predicted molar refractivity (Wildman–Crippen MR) is 309 cm³/mol. The van der Waals surface area contributed by atoms with Gasteiger partial charge in [0.1, 0.15) is 18.1 Å². The van der Waals surface area contributed by atoms with Gasteiger partial charge >= 0.3 is 85.6 Å². The smallest absolute Gasteiger partial charge is 0.846 e. The van der Waals surface area contributed by atoms with Gasteiger partial charge < -0.3 is 25.2 Å². The van der Waals surface area contributed by atoms with Crippen LogP contribution in [-0.4, -0.2) is 84.1 Å². The first kappa shape index (κ1) is 85.1. The zero-order valence-corrected chi connectivity index (χ0v) is 55.3. The van der Waals surface area contributed by atoms with Gasteiger partial charge in [-0.05, 0) is 40.3 Å². The minimum Gasteiger partial charge on any atom is -0.846 e. The van der Waals surface area contributed by atoms with Crippen LogP contribution in [0.1, 0.15) is 97.3 Å². The summed E-state index contributed by atoms with van der Waals surface area (Å²) in [5.41, 5.74) is -14.7. The summed E-state index contributed by atoms with van der Waals surface area (Å²) in [7, 11) is -17.6. The first-order valence-electron chi connectivity index (χ1n) is 25.2. The van der Waals surface area contributed by atoms with Crippen molar-refractivity contribution in [3.05, 3.63) is 215 Å². The fourth-order valence-electron chi connectivity index (χ4n) is 8.20. The van der Waals surface area contributed by atoms with Crippen molar-refractivity contribution in [2.45, 2.75) is 80.5 Å². The van der Waals surface area contributed by atoms with Crippen LogP contribution in [0, 0.1) is 34.0 Å². The van der Waals surface area contributed by atoms with Crippen molar-refractivity contribution >= 4 is 77.3 Å². The molecule has 3 aliphatic heterocycles. The van der Waals surface area contributed by atoms with E-state index in [2.05, 4.69) is 15.0 Å². The number of benzene rings is 6. The number of hydrogen-bond donors (Lipinski definition) is 0. The summed E-state index contributed by atoms with van der Waals surface area (Å²) in [6, 6.07) is 41.0. The molecule has 3 aliphatic rings. The van der Waals surface area contributed by atoms with Crippen LogP contribution in [0.25, 0.3) is 0 Å². The molecule has 36 heteroatoms. The van der Waals surface area contributed by atoms with Crippen molar-refractivity contribution in [3.63, 3.8) is 0 Å². The van der Waals surface area contributed by atoms with Gasteiger partial charge in [-0.25, -0.2) is 12.9 Å². The van der Waals surface area contributed by atoms with Crippen molar-refractivity contribution in [1.29, 1.82) is 15.8 Å². The molecule has 0 spiro atoms. The van der Waals surface area contributed by atoms with Gasteiger partial charge in [-0.3, -0.25) is 15.0 Å². The Morgan fingerprint density at radius 3 is 0.677 bits per heavy atom. The summed E-state index contributed by atoms with van der Waals surface area (Å²) in [6.45, 7) is 5.26. The Morgan fingerprint density at radius 1 is 0.419 bits per heavy atom. The van der Waals surface area contributed by atoms with E-state index < -0.39 is 107 Å². The first-order valence-corrected chi connectivity index (χ1v) is 30.6. The van der Waals surface area contributed by atoms with Gasteiger partial charge in [-0.1, -0.05) is 182 Å². The molecule has 3 heterocycles. The molecule has 502 valence electrons. The van der Waals surface area contributed by atoms with Crippen LogP contribution in [0.3, 0.4) is 0 Å². The second kappa shape index (κ2) is 39.0. The minimum atomic E-state index is -5.87. The van der Waals surface area contributed by atoms with Crippen molar-refractivity contribution in [1.82, 2.24) is 12.9 Å². The summed E-state index contributed by atoms with van der Waals surface area (Å²) in [4.78, 5) is 19.9. The maximum Gasteiger partial charge on any atom is 2.00 e. The first-order chi connectivity index (χ1) is 42.6. The summed E-state index contributed by atoms with van der Waals surface area (Å²) < 4.78 is 189. The van der Waals surface area contributed by atoms with Crippen LogP contribution >= 0.6 is 23.2 Å². The van der Waals surface area contributed by atoms with Crippen LogP contribution in [0.2, 0.25) is 0 Å². The van der Waals surface area contributed by atoms with Gasteiger partial charge in [-0.15, -0.1) is 23.2 Å². The normalized spacial score (nSPS) is 17.8. The molecule has 0 aromatic heterocycles. The van der Waals surface area contributed by atoms with Crippen molar-refractivity contribution in [3.8, 4) is 18.2 Å². The van der Waals surface area contributed by atoms with Gasteiger partial charge in [0.05, 0.1) is 59.7 Å². The van der Waals surface area contributed by atoms with Gasteiger partial charge in [-0.2, -0.15) is 80.6 Å². The number of sulfonamides is 3. The predicted octanol–water partition coefficient (Wildman–Crippen LogP) is 8.81. The Balaban J connectivity index is 0.00000121. The van der Waals surface area contributed by atoms with E-state index in [1.807, 2.05) is 0 Å². The molecule has 6 aromatic rings. The Hall–Kier alpha value is -7.88. The molecule has 0 saturated carbocycles. The molecule has 0 aliphatic carbocycles. The maximum atomic E-state index is 13.1. The minimum absolute atomic E-state index is 0. The third-order valence-electron chi connectivity index (χ3n) is 11.5. The number of halogens is 11. The number of amidine groups is 3. The van der Waals surface area contributed by atoms with E-state index >= 15 is 0 Å². The second-order valence-corrected chi connectivity index (χ2v) is 23.6. The number of rotatable bonds is 9. The van der Waals surface area contributed by atoms with Crippen LogP contribution in [-0.2, 0) is 73.8 Å². The van der Waals surface area contributed by atoms with E-state index in [4.69, 9.17) is 48.9 Å². The molecule has 0 fully saturated rings. The van der Waals surface area contributed by atoms with E-state index in [1.54, 1.807) is 164 Å². The number of carbonyl (C=O) groups is 1. The number of aliphatic imine (C=N–C) groups is 3. The van der Waals surface area contributed by atoms with Crippen molar-refractivity contribution < 1.29 is 129 Å². The molecule has 2 radical (unpaired) electrons. The molecule has 0 amide bonds. The third-order valence-corrected chi connectivity index (χ3v) is 15.9. The molecule has 0 unspecified atom stereocenters. The SMILES string of the molecule is CC#N.CC#N.CC#N.CC(=O)[O-].ClCCl.O=S(=O)(N1C([O-])=N[C@H](c2ccccc2)[C@H]1c1ccccc1)C(F)(F)F.O=S(=O)(N1C([O-])=N[C@H](c2ccccc2)[C@H]1c1ccccc1)C(F)(F)F.O=S(=O)(N1C([O-])=N[C@H](c2ccccc2)[C@H]1c1ccccc1)C(F)(F)F.[Rh+2].[Rh+2]. The number of hydrogen-bond acceptors (Lipinski definition) is 17. The van der Waals surface area contributed by atoms with Gasteiger partial charge in [0, 0.05) is 26.7 Å². The van der Waals surface area contributed by atoms with Crippen molar-refractivity contribution in [2.75, 3.05) is 5.34 Å². The third kappa shape index (κ3) is 23.0. The summed E-state index contributed by atoms with van der Waals surface area (Å²) in [5.74, 6) is -1.08. The summed E-state index contributed by atoms with van der Waals surface area (Å²) in [6.07, 6.45) is 0. The van der Waals surface area contributed by atoms with E-state index in [-0.39, 0.29) is 73.9 Å². The van der Waals surface area contributed by atoms with Crippen LogP contribution < -0.4 is 20.4 Å². The zero-order chi connectivity index (χ0) is 69.1. The summed E-state index contributed by atoms with van der Waals surface area (Å²) >= 11 is 9.53. The fourth-order valence-corrected chi connectivity index (χ4v) is 11.2. The molecule has 9 rings (SSSR count). The fraction of sp³-hybridized carbons (Fsp3) is 0.246. The van der Waals surface area contributed by atoms with Crippen LogP contribution in [0.4, 0.5) is 39.5 Å². The van der Waals surface area contributed by atoms with E-state index in [1.165, 1.54) is 57.2 Å². The van der Waals surface area contributed by atoms with Crippen molar-refractivity contribution in [2.24, 2.45) is 15.0 Å². The molecular weight excluding hydrogens is 1530 g/mol. The molecule has 0 saturated heterocycles. The van der Waals surface area contributed by atoms with Crippen LogP contribution in [0.5, 0.6) is 0 Å². The standard InChI is InChI=1S/3C16H13F3N2O3S.3C2H3N.C2H4O2.CH2Cl2.2Rh/c3*17-16(18,19)25(23,24)21-14(12-9-5-2-6-10-12)13(20-15(21)22)11-7-3-1-4-8-11;3*1-2-3;1-2(3)4;2-1-3;;/h3*1-10,13-14H,(H,20,22);3*1H3;1H3,(H,3,4);1H2;;/q;;;;;;;;2*+2/p-4/t3*13-,14-;;;;;;;/m111......./s1. The molecule has 93 heavy (non-hydrogen) atoms. The number of aliphatic carboxylic acids is 1. The number of nitriles is 3. The quantitative estimate of drug-likeness (QED) is 0.0742. The molecular formula is C57H50Cl2F9N9O11Rh2S3. The number of carbonyl (C=O) groups excluding carboxylic acids is 1. The molecule has 0 bridgehead atoms. The van der Waals surface area contributed by atoms with Gasteiger partial charge in [0.15, 0.2) is 0 Å². The largest absolute Gasteiger partial charge is 2.00 e. The molecule has 0 N–H and O–H groups in total. The molecule has 20 nitrogen and oxygen atoms in total. The Morgan fingerprint density at radius 2 is 0.548 bits per heavy atom. The number of carboxylic acid groups (broad SMARTS) is 1. The Kier molecular flexibility index (Phi) is 35.7. The van der Waals surface area contributed by atoms with E-state index in [9.17, 15) is 80.1 Å². The number of nitrogens with zero attached hydrogens (tertiary/aromatic N) is 9. The number of carboxylic acids is 1. The van der Waals surface area contributed by atoms with Gasteiger partial charge in [0.25, 0.3) is 0 Å². The van der Waals surface area contributed by atoms with Gasteiger partial charge in [0.2, 0.25) is 0 Å². The van der Waals surface area contributed by atoms with E-state index in [0.29, 0.717) is 16.7 Å². The second-order valence-electron chi connectivity index (χ2n) is 17.4. The maximum absolute atomic E-state index is 13.1. The monoisotopic (exact) mass is 1580 g/mol. The average molecular weight is 1580 g/mol. The average Bonchev–Trinajstić information content (AvgIpc) is 1.65. The van der Waals surface area contributed by atoms with E-state index in [0.717, 1.165) is 6.92 Å². The topological polar surface area (TPSA) is 330 Å². The zero-order valence-electron chi connectivity index (χ0n) is 48.1. The molecule has 6 aromatic carbocycles.